The van der Waals surface area contributed by atoms with E-state index in [2.05, 4.69) is 43.7 Å². The fraction of sp³-hybridized carbons (Fsp3) is 0.778. The Labute approximate surface area is 149 Å². The Kier molecular flexibility index (Phi) is 5.45. The Morgan fingerprint density at radius 1 is 1.42 bits per heavy atom. The molecule has 0 amide bonds. The monoisotopic (exact) mass is 350 g/mol. The number of aromatic nitrogens is 1. The van der Waals surface area contributed by atoms with Gasteiger partial charge in [-0.3, -0.25) is 4.99 Å². The van der Waals surface area contributed by atoms with Gasteiger partial charge in [0.1, 0.15) is 0 Å². The molecule has 2 bridgehead atoms. The van der Waals surface area contributed by atoms with Crippen LogP contribution in [0.3, 0.4) is 0 Å². The first-order chi connectivity index (χ1) is 11.5. The van der Waals surface area contributed by atoms with Crippen molar-refractivity contribution in [1.29, 1.82) is 0 Å². The Morgan fingerprint density at radius 2 is 2.25 bits per heavy atom. The Bertz CT molecular complexity index is 578. The summed E-state index contributed by atoms with van der Waals surface area (Å²) in [4.78, 5) is 9.48. The summed E-state index contributed by atoms with van der Waals surface area (Å²) >= 11 is 1.74. The van der Waals surface area contributed by atoms with Crippen LogP contribution >= 0.6 is 11.3 Å². The van der Waals surface area contributed by atoms with E-state index in [0.717, 1.165) is 31.9 Å². The number of fused-ring (bicyclic) bond motifs is 2. The third-order valence-electron chi connectivity index (χ3n) is 4.69. The first-order valence-electron chi connectivity index (χ1n) is 9.11. The zero-order valence-electron chi connectivity index (χ0n) is 15.3. The summed E-state index contributed by atoms with van der Waals surface area (Å²) in [6.07, 6.45) is 5.22. The van der Waals surface area contributed by atoms with Gasteiger partial charge in [0.05, 0.1) is 29.0 Å². The number of hydrogen-bond donors (Lipinski definition) is 2. The fourth-order valence-electron chi connectivity index (χ4n) is 3.32. The van der Waals surface area contributed by atoms with Gasteiger partial charge in [-0.05, 0) is 26.2 Å². The summed E-state index contributed by atoms with van der Waals surface area (Å²) in [5.74, 6) is 0.909. The second-order valence-corrected chi connectivity index (χ2v) is 8.69. The van der Waals surface area contributed by atoms with Crippen molar-refractivity contribution in [2.24, 2.45) is 4.99 Å². The molecule has 0 aliphatic carbocycles. The van der Waals surface area contributed by atoms with Crippen LogP contribution in [0.4, 0.5) is 0 Å². The smallest absolute Gasteiger partial charge is 0.191 e. The molecule has 0 saturated carbocycles. The van der Waals surface area contributed by atoms with Crippen molar-refractivity contribution in [3.05, 3.63) is 16.1 Å². The lowest BCUT2D eigenvalue weighted by Crippen LogP contribution is -2.47. The van der Waals surface area contributed by atoms with Crippen LogP contribution in [0.25, 0.3) is 0 Å². The summed E-state index contributed by atoms with van der Waals surface area (Å²) in [6, 6.07) is 0.411. The molecule has 2 aliphatic rings. The summed E-state index contributed by atoms with van der Waals surface area (Å²) in [7, 11) is 0. The molecule has 6 heteroatoms. The molecule has 2 fully saturated rings. The number of rotatable bonds is 5. The topological polar surface area (TPSA) is 58.5 Å². The van der Waals surface area contributed by atoms with Crippen molar-refractivity contribution in [1.82, 2.24) is 15.6 Å². The number of thiazole rings is 1. The van der Waals surface area contributed by atoms with E-state index in [1.54, 1.807) is 11.3 Å². The maximum Gasteiger partial charge on any atom is 0.191 e. The van der Waals surface area contributed by atoms with Gasteiger partial charge < -0.3 is 15.4 Å². The van der Waals surface area contributed by atoms with Crippen molar-refractivity contribution in [3.8, 4) is 0 Å². The van der Waals surface area contributed by atoms with E-state index in [-0.39, 0.29) is 5.41 Å². The highest BCUT2D eigenvalue weighted by Crippen LogP contribution is 2.34. The van der Waals surface area contributed by atoms with Gasteiger partial charge in [0, 0.05) is 30.3 Å². The van der Waals surface area contributed by atoms with Crippen LogP contribution in [0.15, 0.2) is 10.4 Å². The van der Waals surface area contributed by atoms with Crippen LogP contribution < -0.4 is 10.6 Å². The minimum absolute atomic E-state index is 0.121. The second-order valence-electron chi connectivity index (χ2n) is 7.75. The molecule has 2 aliphatic heterocycles. The summed E-state index contributed by atoms with van der Waals surface area (Å²) in [5.41, 5.74) is 1.30. The maximum atomic E-state index is 5.92. The van der Waals surface area contributed by atoms with Crippen LogP contribution in [-0.4, -0.2) is 42.3 Å². The van der Waals surface area contributed by atoms with Gasteiger partial charge in [0.15, 0.2) is 5.96 Å². The summed E-state index contributed by atoms with van der Waals surface area (Å²) < 4.78 is 5.92. The van der Waals surface area contributed by atoms with Crippen LogP contribution in [0, 0.1) is 0 Å². The third-order valence-corrected chi connectivity index (χ3v) is 5.60. The highest BCUT2D eigenvalue weighted by Gasteiger charge is 2.41. The molecule has 2 N–H and O–H groups in total. The van der Waals surface area contributed by atoms with Crippen LogP contribution in [0.2, 0.25) is 0 Å². The van der Waals surface area contributed by atoms with Gasteiger partial charge in [-0.25, -0.2) is 4.98 Å². The van der Waals surface area contributed by atoms with Gasteiger partial charge in [-0.15, -0.1) is 11.3 Å². The van der Waals surface area contributed by atoms with E-state index in [0.29, 0.717) is 18.2 Å². The zero-order valence-corrected chi connectivity index (χ0v) is 16.1. The molecule has 2 saturated heterocycles. The normalized spacial score (nSPS) is 26.8. The number of hydrogen-bond acceptors (Lipinski definition) is 4. The minimum atomic E-state index is 0.121. The predicted octanol–water partition coefficient (Wildman–Crippen LogP) is 2.86. The number of guanidine groups is 1. The van der Waals surface area contributed by atoms with Crippen molar-refractivity contribution < 1.29 is 4.74 Å². The van der Waals surface area contributed by atoms with Crippen LogP contribution in [-0.2, 0) is 16.6 Å². The SMILES string of the molecule is CCNC(=NCCc1nc(C(C)(C)C)cs1)NC1CC2CCC1O2. The minimum Gasteiger partial charge on any atom is -0.373 e. The van der Waals surface area contributed by atoms with Crippen molar-refractivity contribution in [2.45, 2.75) is 77.0 Å². The van der Waals surface area contributed by atoms with Crippen molar-refractivity contribution in [2.75, 3.05) is 13.1 Å². The lowest BCUT2D eigenvalue weighted by Gasteiger charge is -2.22. The van der Waals surface area contributed by atoms with Gasteiger partial charge in [-0.1, -0.05) is 20.8 Å². The van der Waals surface area contributed by atoms with Crippen molar-refractivity contribution in [3.63, 3.8) is 0 Å². The number of nitrogens with one attached hydrogen (secondary N) is 2. The largest absolute Gasteiger partial charge is 0.373 e. The molecular weight excluding hydrogens is 320 g/mol. The summed E-state index contributed by atoms with van der Waals surface area (Å²) in [6.45, 7) is 10.3. The third kappa shape index (κ3) is 4.28. The maximum absolute atomic E-state index is 5.92. The fourth-order valence-corrected chi connectivity index (χ4v) is 4.33. The molecule has 134 valence electrons. The first kappa shape index (κ1) is 17.7. The predicted molar refractivity (Wildman–Crippen MR) is 99.9 cm³/mol. The molecule has 3 unspecified atom stereocenters. The Hall–Kier alpha value is -1.14. The molecular formula is C18H30N4OS. The lowest BCUT2D eigenvalue weighted by atomic mass is 9.93. The quantitative estimate of drug-likeness (QED) is 0.633. The number of aliphatic imine (C=N–C) groups is 1. The van der Waals surface area contributed by atoms with Crippen LogP contribution in [0.5, 0.6) is 0 Å². The number of ether oxygens (including phenoxy) is 1. The zero-order chi connectivity index (χ0) is 17.2. The molecule has 1 aromatic heterocycles. The molecule has 3 heterocycles. The summed E-state index contributed by atoms with van der Waals surface area (Å²) in [5, 5.41) is 10.3. The molecule has 0 aromatic carbocycles. The van der Waals surface area contributed by atoms with E-state index >= 15 is 0 Å². The highest BCUT2D eigenvalue weighted by molar-refractivity contribution is 7.09. The molecule has 5 nitrogen and oxygen atoms in total. The standard InChI is InChI=1S/C18H30N4OS/c1-5-19-17(21-13-10-12-6-7-14(13)23-12)20-9-8-16-22-15(11-24-16)18(2,3)4/h11-14H,5-10H2,1-4H3,(H2,19,20,21). The van der Waals surface area contributed by atoms with E-state index in [9.17, 15) is 0 Å². The van der Waals surface area contributed by atoms with Gasteiger partial charge in [-0.2, -0.15) is 0 Å². The first-order valence-corrected chi connectivity index (χ1v) is 9.99. The second kappa shape index (κ2) is 7.40. The Balaban J connectivity index is 1.53. The van der Waals surface area contributed by atoms with Gasteiger partial charge >= 0.3 is 0 Å². The van der Waals surface area contributed by atoms with Gasteiger partial charge in [0.25, 0.3) is 0 Å². The van der Waals surface area contributed by atoms with E-state index < -0.39 is 0 Å². The van der Waals surface area contributed by atoms with Crippen molar-refractivity contribution >= 4 is 17.3 Å². The molecule has 24 heavy (non-hydrogen) atoms. The average molecular weight is 351 g/mol. The van der Waals surface area contributed by atoms with E-state index in [1.165, 1.54) is 23.5 Å². The molecule has 3 rings (SSSR count). The lowest BCUT2D eigenvalue weighted by molar-refractivity contribution is 0.0992. The Morgan fingerprint density at radius 3 is 2.83 bits per heavy atom. The number of nitrogens with zero attached hydrogens (tertiary/aromatic N) is 2. The molecule has 0 radical (unpaired) electrons. The molecule has 3 atom stereocenters. The molecule has 0 spiro atoms. The molecule has 1 aromatic rings. The van der Waals surface area contributed by atoms with Crippen LogP contribution in [0.1, 0.15) is 57.7 Å². The highest BCUT2D eigenvalue weighted by atomic mass is 32.1. The van der Waals surface area contributed by atoms with Gasteiger partial charge in [0.2, 0.25) is 0 Å². The average Bonchev–Trinajstić information content (AvgIpc) is 3.22. The van der Waals surface area contributed by atoms with E-state index in [1.807, 2.05) is 0 Å². The van der Waals surface area contributed by atoms with E-state index in [4.69, 9.17) is 14.7 Å².